The van der Waals surface area contributed by atoms with Gasteiger partial charge < -0.3 is 5.32 Å². The van der Waals surface area contributed by atoms with E-state index in [4.69, 9.17) is 0 Å². The van der Waals surface area contributed by atoms with Crippen molar-refractivity contribution in [3.05, 3.63) is 35.2 Å². The number of nitrogens with one attached hydrogen (secondary N) is 1. The Balaban J connectivity index is 2.85. The van der Waals surface area contributed by atoms with Gasteiger partial charge in [-0.15, -0.1) is 0 Å². The molecule has 0 radical (unpaired) electrons. The highest BCUT2D eigenvalue weighted by Crippen LogP contribution is 2.19. The molecule has 0 saturated heterocycles. The topological polar surface area (TPSA) is 42.0 Å². The van der Waals surface area contributed by atoms with Gasteiger partial charge in [0.05, 0.1) is 5.69 Å². The zero-order valence-electron chi connectivity index (χ0n) is 14.6. The predicted molar refractivity (Wildman–Crippen MR) is 93.7 cm³/mol. The lowest BCUT2D eigenvalue weighted by Crippen LogP contribution is -2.35. The SMILES string of the molecule is CCCC(CCC)NC(=O)/C(C)=C/c1cccnc1C(C)C. The Morgan fingerprint density at radius 3 is 2.45 bits per heavy atom. The van der Waals surface area contributed by atoms with E-state index in [9.17, 15) is 4.79 Å². The van der Waals surface area contributed by atoms with E-state index in [2.05, 4.69) is 38.0 Å². The summed E-state index contributed by atoms with van der Waals surface area (Å²) >= 11 is 0. The first-order valence-corrected chi connectivity index (χ1v) is 8.43. The first-order chi connectivity index (χ1) is 10.5. The first kappa shape index (κ1) is 18.4. The third-order valence-electron chi connectivity index (χ3n) is 3.76. The number of carbonyl (C=O) groups excluding carboxylic acids is 1. The van der Waals surface area contributed by atoms with Crippen LogP contribution in [-0.2, 0) is 4.79 Å². The second kappa shape index (κ2) is 9.39. The Morgan fingerprint density at radius 2 is 1.91 bits per heavy atom. The van der Waals surface area contributed by atoms with Crippen molar-refractivity contribution in [3.63, 3.8) is 0 Å². The predicted octanol–water partition coefficient (Wildman–Crippen LogP) is 4.69. The molecule has 0 bridgehead atoms. The number of hydrogen-bond donors (Lipinski definition) is 1. The summed E-state index contributed by atoms with van der Waals surface area (Å²) in [5.74, 6) is 0.377. The number of pyridine rings is 1. The number of hydrogen-bond acceptors (Lipinski definition) is 2. The van der Waals surface area contributed by atoms with Gasteiger partial charge in [-0.05, 0) is 43.4 Å². The van der Waals surface area contributed by atoms with Crippen molar-refractivity contribution < 1.29 is 4.79 Å². The first-order valence-electron chi connectivity index (χ1n) is 8.43. The fourth-order valence-electron chi connectivity index (χ4n) is 2.62. The van der Waals surface area contributed by atoms with Crippen LogP contribution >= 0.6 is 0 Å². The molecule has 0 aliphatic carbocycles. The Bertz CT molecular complexity index is 500. The van der Waals surface area contributed by atoms with Crippen molar-refractivity contribution in [1.82, 2.24) is 10.3 Å². The third-order valence-corrected chi connectivity index (χ3v) is 3.76. The van der Waals surface area contributed by atoms with Crippen molar-refractivity contribution in [2.75, 3.05) is 0 Å². The zero-order chi connectivity index (χ0) is 16.5. The Morgan fingerprint density at radius 1 is 1.27 bits per heavy atom. The number of nitrogens with zero attached hydrogens (tertiary/aromatic N) is 1. The molecule has 3 heteroatoms. The molecule has 1 rings (SSSR count). The maximum atomic E-state index is 12.4. The molecule has 1 N–H and O–H groups in total. The molecule has 1 amide bonds. The lowest BCUT2D eigenvalue weighted by atomic mass is 10.0. The smallest absolute Gasteiger partial charge is 0.247 e. The Labute approximate surface area is 135 Å². The molecule has 122 valence electrons. The van der Waals surface area contributed by atoms with Crippen LogP contribution in [0, 0.1) is 0 Å². The van der Waals surface area contributed by atoms with E-state index in [1.807, 2.05) is 25.1 Å². The fourth-order valence-corrected chi connectivity index (χ4v) is 2.62. The number of carbonyl (C=O) groups is 1. The molecule has 1 aromatic rings. The van der Waals surface area contributed by atoms with Gasteiger partial charge in [-0.1, -0.05) is 46.6 Å². The molecule has 0 aliphatic heterocycles. The van der Waals surface area contributed by atoms with E-state index in [1.165, 1.54) is 0 Å². The zero-order valence-corrected chi connectivity index (χ0v) is 14.6. The minimum absolute atomic E-state index is 0.0328. The number of amides is 1. The highest BCUT2D eigenvalue weighted by molar-refractivity contribution is 5.97. The molecule has 1 aromatic heterocycles. The van der Waals surface area contributed by atoms with E-state index in [0.717, 1.165) is 42.5 Å². The van der Waals surface area contributed by atoms with E-state index < -0.39 is 0 Å². The summed E-state index contributed by atoms with van der Waals surface area (Å²) in [5, 5.41) is 3.16. The molecule has 0 atom stereocenters. The van der Waals surface area contributed by atoms with Crippen LogP contribution in [0.3, 0.4) is 0 Å². The molecular weight excluding hydrogens is 272 g/mol. The monoisotopic (exact) mass is 302 g/mol. The number of rotatable bonds is 8. The van der Waals surface area contributed by atoms with Crippen molar-refractivity contribution in [1.29, 1.82) is 0 Å². The van der Waals surface area contributed by atoms with Gasteiger partial charge in [0.2, 0.25) is 5.91 Å². The summed E-state index contributed by atoms with van der Waals surface area (Å²) in [6.45, 7) is 10.4. The van der Waals surface area contributed by atoms with Crippen molar-refractivity contribution in [2.45, 2.75) is 72.3 Å². The summed E-state index contributed by atoms with van der Waals surface area (Å²) in [6, 6.07) is 4.22. The molecule has 0 saturated carbocycles. The summed E-state index contributed by atoms with van der Waals surface area (Å²) in [7, 11) is 0. The van der Waals surface area contributed by atoms with Gasteiger partial charge in [0.15, 0.2) is 0 Å². The lowest BCUT2D eigenvalue weighted by Gasteiger charge is -2.17. The van der Waals surface area contributed by atoms with E-state index in [-0.39, 0.29) is 11.9 Å². The molecule has 0 unspecified atom stereocenters. The van der Waals surface area contributed by atoms with Crippen LogP contribution in [0.15, 0.2) is 23.9 Å². The van der Waals surface area contributed by atoms with Gasteiger partial charge in [-0.3, -0.25) is 9.78 Å². The van der Waals surface area contributed by atoms with Crippen molar-refractivity contribution >= 4 is 12.0 Å². The van der Waals surface area contributed by atoms with E-state index in [1.54, 1.807) is 6.20 Å². The second-order valence-corrected chi connectivity index (χ2v) is 6.21. The molecule has 0 spiro atoms. The molecular formula is C19H30N2O. The average Bonchev–Trinajstić information content (AvgIpc) is 2.48. The minimum Gasteiger partial charge on any atom is -0.350 e. The summed E-state index contributed by atoms with van der Waals surface area (Å²) in [4.78, 5) is 16.8. The largest absolute Gasteiger partial charge is 0.350 e. The van der Waals surface area contributed by atoms with Crippen LogP contribution in [0.1, 0.15) is 77.5 Å². The summed E-state index contributed by atoms with van der Waals surface area (Å²) in [6.07, 6.45) is 8.02. The fraction of sp³-hybridized carbons (Fsp3) is 0.579. The molecule has 0 aromatic carbocycles. The van der Waals surface area contributed by atoms with Crippen LogP contribution in [0.25, 0.3) is 6.08 Å². The highest BCUT2D eigenvalue weighted by atomic mass is 16.1. The van der Waals surface area contributed by atoms with Gasteiger partial charge in [-0.2, -0.15) is 0 Å². The standard InChI is InChI=1S/C19H30N2O/c1-6-9-17(10-7-2)21-19(22)15(5)13-16-11-8-12-20-18(16)14(3)4/h8,11-14,17H,6-7,9-10H2,1-5H3,(H,21,22)/b15-13+. The van der Waals surface area contributed by atoms with Crippen molar-refractivity contribution in [3.8, 4) is 0 Å². The van der Waals surface area contributed by atoms with Crippen LogP contribution in [0.5, 0.6) is 0 Å². The van der Waals surface area contributed by atoms with Gasteiger partial charge in [-0.25, -0.2) is 0 Å². The second-order valence-electron chi connectivity index (χ2n) is 6.21. The molecule has 1 heterocycles. The normalized spacial score (nSPS) is 12.0. The average molecular weight is 302 g/mol. The van der Waals surface area contributed by atoms with E-state index in [0.29, 0.717) is 5.92 Å². The van der Waals surface area contributed by atoms with E-state index >= 15 is 0 Å². The van der Waals surface area contributed by atoms with Gasteiger partial charge in [0.1, 0.15) is 0 Å². The Hall–Kier alpha value is -1.64. The third kappa shape index (κ3) is 5.63. The quantitative estimate of drug-likeness (QED) is 0.708. The molecule has 22 heavy (non-hydrogen) atoms. The highest BCUT2D eigenvalue weighted by Gasteiger charge is 2.13. The van der Waals surface area contributed by atoms with Gasteiger partial charge in [0.25, 0.3) is 0 Å². The minimum atomic E-state index is 0.0328. The maximum Gasteiger partial charge on any atom is 0.247 e. The molecule has 0 aliphatic rings. The number of aromatic nitrogens is 1. The van der Waals surface area contributed by atoms with Crippen LogP contribution in [-0.4, -0.2) is 16.9 Å². The van der Waals surface area contributed by atoms with Gasteiger partial charge in [0, 0.05) is 17.8 Å². The van der Waals surface area contributed by atoms with Gasteiger partial charge >= 0.3 is 0 Å². The Kier molecular flexibility index (Phi) is 7.86. The lowest BCUT2D eigenvalue weighted by molar-refractivity contribution is -0.118. The van der Waals surface area contributed by atoms with Crippen LogP contribution in [0.4, 0.5) is 0 Å². The molecule has 3 nitrogen and oxygen atoms in total. The molecule has 0 fully saturated rings. The van der Waals surface area contributed by atoms with Crippen LogP contribution in [0.2, 0.25) is 0 Å². The maximum absolute atomic E-state index is 12.4. The van der Waals surface area contributed by atoms with Crippen LogP contribution < -0.4 is 5.32 Å². The summed E-state index contributed by atoms with van der Waals surface area (Å²) < 4.78 is 0. The van der Waals surface area contributed by atoms with Crippen molar-refractivity contribution in [2.24, 2.45) is 0 Å². The summed E-state index contributed by atoms with van der Waals surface area (Å²) in [5.41, 5.74) is 2.81.